The molecule has 0 atom stereocenters. The maximum Gasteiger partial charge on any atom is 0.197 e. The number of hydrogen-bond donors (Lipinski definition) is 2. The van der Waals surface area contributed by atoms with Crippen LogP contribution in [0.5, 0.6) is 11.5 Å². The van der Waals surface area contributed by atoms with E-state index < -0.39 is 0 Å². The Hall–Kier alpha value is -2.75. The molecular weight excluding hydrogens is 256 g/mol. The normalized spacial score (nSPS) is 10.8. The lowest BCUT2D eigenvalue weighted by molar-refractivity contribution is 0.452. The highest BCUT2D eigenvalue weighted by molar-refractivity contribution is 5.85. The molecule has 0 amide bonds. The van der Waals surface area contributed by atoms with Gasteiger partial charge in [0, 0.05) is 23.8 Å². The topological polar surface area (TPSA) is 70.7 Å². The number of aryl methyl sites for hydroxylation is 1. The first kappa shape index (κ1) is 12.3. The molecule has 0 aliphatic rings. The first-order valence-electron chi connectivity index (χ1n) is 6.11. The van der Waals surface area contributed by atoms with Gasteiger partial charge in [0.15, 0.2) is 5.43 Å². The first-order valence-corrected chi connectivity index (χ1v) is 6.11. The predicted molar refractivity (Wildman–Crippen MR) is 76.0 cm³/mol. The summed E-state index contributed by atoms with van der Waals surface area (Å²) >= 11 is 0. The van der Waals surface area contributed by atoms with Gasteiger partial charge in [0.1, 0.15) is 28.2 Å². The van der Waals surface area contributed by atoms with E-state index in [1.165, 1.54) is 12.1 Å². The molecule has 0 spiro atoms. The molecule has 2 aromatic carbocycles. The molecule has 20 heavy (non-hydrogen) atoms. The minimum Gasteiger partial charge on any atom is -0.508 e. The minimum atomic E-state index is -0.348. The quantitative estimate of drug-likeness (QED) is 0.711. The highest BCUT2D eigenvalue weighted by Gasteiger charge is 2.11. The average molecular weight is 268 g/mol. The highest BCUT2D eigenvalue weighted by atomic mass is 16.3. The second-order valence-corrected chi connectivity index (χ2v) is 4.68. The van der Waals surface area contributed by atoms with E-state index in [-0.39, 0.29) is 27.9 Å². The molecule has 0 unspecified atom stereocenters. The summed E-state index contributed by atoms with van der Waals surface area (Å²) in [4.78, 5) is 12.1. The number of phenols is 2. The SMILES string of the molecule is Cc1ccc(-c2cc(=O)c3c(O)cc(O)cc3o2)cc1. The molecule has 1 aromatic heterocycles. The monoisotopic (exact) mass is 268 g/mol. The van der Waals surface area contributed by atoms with Crippen LogP contribution in [-0.4, -0.2) is 10.2 Å². The molecule has 3 rings (SSSR count). The van der Waals surface area contributed by atoms with E-state index in [0.717, 1.165) is 17.2 Å². The average Bonchev–Trinajstić information content (AvgIpc) is 2.38. The fourth-order valence-electron chi connectivity index (χ4n) is 2.11. The van der Waals surface area contributed by atoms with Crippen LogP contribution in [-0.2, 0) is 0 Å². The van der Waals surface area contributed by atoms with E-state index in [1.807, 2.05) is 31.2 Å². The van der Waals surface area contributed by atoms with Crippen molar-refractivity contribution in [1.82, 2.24) is 0 Å². The number of benzene rings is 2. The molecule has 0 saturated heterocycles. The van der Waals surface area contributed by atoms with Crippen molar-refractivity contribution in [2.24, 2.45) is 0 Å². The maximum absolute atomic E-state index is 12.1. The molecule has 0 radical (unpaired) electrons. The van der Waals surface area contributed by atoms with Gasteiger partial charge in [0.05, 0.1) is 0 Å². The molecule has 4 heteroatoms. The molecular formula is C16H12O4. The Labute approximate surface area is 114 Å². The van der Waals surface area contributed by atoms with Crippen molar-refractivity contribution in [2.45, 2.75) is 6.92 Å². The van der Waals surface area contributed by atoms with Crippen molar-refractivity contribution >= 4 is 11.0 Å². The molecule has 0 aliphatic carbocycles. The molecule has 0 aliphatic heterocycles. The van der Waals surface area contributed by atoms with Crippen molar-refractivity contribution in [2.75, 3.05) is 0 Å². The largest absolute Gasteiger partial charge is 0.508 e. The van der Waals surface area contributed by atoms with Crippen molar-refractivity contribution in [3.05, 3.63) is 58.3 Å². The van der Waals surface area contributed by atoms with E-state index in [1.54, 1.807) is 0 Å². The summed E-state index contributed by atoms with van der Waals surface area (Å²) in [6, 6.07) is 11.3. The lowest BCUT2D eigenvalue weighted by Crippen LogP contribution is -2.00. The summed E-state index contributed by atoms with van der Waals surface area (Å²) < 4.78 is 5.61. The van der Waals surface area contributed by atoms with Crippen LogP contribution < -0.4 is 5.43 Å². The Morgan fingerprint density at radius 3 is 2.40 bits per heavy atom. The molecule has 0 bridgehead atoms. The van der Waals surface area contributed by atoms with E-state index in [0.29, 0.717) is 5.76 Å². The number of aromatic hydroxyl groups is 2. The number of hydrogen-bond acceptors (Lipinski definition) is 4. The summed E-state index contributed by atoms with van der Waals surface area (Å²) in [6.07, 6.45) is 0. The molecule has 1 heterocycles. The Kier molecular flexibility index (Phi) is 2.71. The smallest absolute Gasteiger partial charge is 0.197 e. The van der Waals surface area contributed by atoms with Crippen molar-refractivity contribution in [3.8, 4) is 22.8 Å². The van der Waals surface area contributed by atoms with E-state index in [4.69, 9.17) is 4.42 Å². The predicted octanol–water partition coefficient (Wildman–Crippen LogP) is 3.18. The van der Waals surface area contributed by atoms with Crippen LogP contribution in [0.25, 0.3) is 22.3 Å². The Morgan fingerprint density at radius 1 is 1.00 bits per heavy atom. The van der Waals surface area contributed by atoms with Crippen molar-refractivity contribution in [1.29, 1.82) is 0 Å². The minimum absolute atomic E-state index is 0.0682. The highest BCUT2D eigenvalue weighted by Crippen LogP contribution is 2.30. The number of rotatable bonds is 1. The second kappa shape index (κ2) is 4.42. The van der Waals surface area contributed by atoms with Gasteiger partial charge in [-0.1, -0.05) is 29.8 Å². The molecule has 0 fully saturated rings. The van der Waals surface area contributed by atoms with Gasteiger partial charge in [-0.2, -0.15) is 0 Å². The third-order valence-corrected chi connectivity index (χ3v) is 3.13. The van der Waals surface area contributed by atoms with E-state index >= 15 is 0 Å². The van der Waals surface area contributed by atoms with Gasteiger partial charge in [0.25, 0.3) is 0 Å². The van der Waals surface area contributed by atoms with Crippen LogP contribution in [0.1, 0.15) is 5.56 Å². The van der Waals surface area contributed by atoms with Gasteiger partial charge >= 0.3 is 0 Å². The zero-order chi connectivity index (χ0) is 14.3. The van der Waals surface area contributed by atoms with Gasteiger partial charge in [-0.15, -0.1) is 0 Å². The first-order chi connectivity index (χ1) is 9.54. The lowest BCUT2D eigenvalue weighted by Gasteiger charge is -2.05. The summed E-state index contributed by atoms with van der Waals surface area (Å²) in [5.41, 5.74) is 1.68. The molecule has 0 saturated carbocycles. The second-order valence-electron chi connectivity index (χ2n) is 4.68. The zero-order valence-corrected chi connectivity index (χ0v) is 10.8. The summed E-state index contributed by atoms with van der Waals surface area (Å²) in [5.74, 6) is -0.0455. The Bertz CT molecular complexity index is 845. The van der Waals surface area contributed by atoms with Crippen LogP contribution in [0.3, 0.4) is 0 Å². The van der Waals surface area contributed by atoms with Gasteiger partial charge in [0.2, 0.25) is 0 Å². The Morgan fingerprint density at radius 2 is 1.70 bits per heavy atom. The number of phenolic OH excluding ortho intramolecular Hbond substituents is 2. The lowest BCUT2D eigenvalue weighted by atomic mass is 10.1. The van der Waals surface area contributed by atoms with Crippen molar-refractivity contribution in [3.63, 3.8) is 0 Å². The fraction of sp³-hybridized carbons (Fsp3) is 0.0625. The summed E-state index contributed by atoms with van der Waals surface area (Å²) in [6.45, 7) is 1.97. The van der Waals surface area contributed by atoms with Gasteiger partial charge in [-0.3, -0.25) is 4.79 Å². The fourth-order valence-corrected chi connectivity index (χ4v) is 2.11. The van der Waals surface area contributed by atoms with E-state index in [9.17, 15) is 15.0 Å². The molecule has 3 aromatic rings. The summed E-state index contributed by atoms with van der Waals surface area (Å²) in [7, 11) is 0. The van der Waals surface area contributed by atoms with Crippen LogP contribution in [0.15, 0.2) is 51.7 Å². The number of fused-ring (bicyclic) bond motifs is 1. The molecule has 100 valence electrons. The van der Waals surface area contributed by atoms with Gasteiger partial charge in [-0.25, -0.2) is 0 Å². The van der Waals surface area contributed by atoms with Crippen LogP contribution in [0.2, 0.25) is 0 Å². The Balaban J connectivity index is 2.29. The van der Waals surface area contributed by atoms with Gasteiger partial charge in [-0.05, 0) is 6.92 Å². The third-order valence-electron chi connectivity index (χ3n) is 3.13. The standard InChI is InChI=1S/C16H12O4/c1-9-2-4-10(5-3-9)14-8-13(19)16-12(18)6-11(17)7-15(16)20-14/h2-8,17-18H,1H3. The van der Waals surface area contributed by atoms with Crippen LogP contribution in [0, 0.1) is 6.92 Å². The third kappa shape index (κ3) is 2.01. The van der Waals surface area contributed by atoms with Crippen molar-refractivity contribution < 1.29 is 14.6 Å². The van der Waals surface area contributed by atoms with Gasteiger partial charge < -0.3 is 14.6 Å². The summed E-state index contributed by atoms with van der Waals surface area (Å²) in [5, 5.41) is 19.3. The zero-order valence-electron chi connectivity index (χ0n) is 10.8. The van der Waals surface area contributed by atoms with E-state index in [2.05, 4.69) is 0 Å². The van der Waals surface area contributed by atoms with Crippen LogP contribution >= 0.6 is 0 Å². The molecule has 4 nitrogen and oxygen atoms in total. The molecule has 2 N–H and O–H groups in total. The van der Waals surface area contributed by atoms with Crippen LogP contribution in [0.4, 0.5) is 0 Å². The maximum atomic E-state index is 12.1.